The first-order valence-electron chi connectivity index (χ1n) is 9.68. The third-order valence-corrected chi connectivity index (χ3v) is 5.56. The maximum absolute atomic E-state index is 13.6. The second-order valence-corrected chi connectivity index (χ2v) is 7.20. The number of halogens is 1. The molecule has 0 spiro atoms. The Morgan fingerprint density at radius 2 is 2.00 bits per heavy atom. The molecule has 148 valence electrons. The minimum Gasteiger partial charge on any atom is -0.377 e. The van der Waals surface area contributed by atoms with Crippen molar-refractivity contribution in [1.29, 1.82) is 0 Å². The first-order chi connectivity index (χ1) is 13.7. The first kappa shape index (κ1) is 19.1. The number of carbonyl (C=O) groups is 1. The summed E-state index contributed by atoms with van der Waals surface area (Å²) < 4.78 is 24.9. The molecule has 2 aliphatic rings. The van der Waals surface area contributed by atoms with E-state index >= 15 is 0 Å². The van der Waals surface area contributed by atoms with Gasteiger partial charge in [0.25, 0.3) is 5.91 Å². The number of rotatable bonds is 3. The Bertz CT molecular complexity index is 827. The van der Waals surface area contributed by atoms with Crippen LogP contribution in [0.5, 0.6) is 0 Å². The van der Waals surface area contributed by atoms with Crippen molar-refractivity contribution < 1.29 is 18.7 Å². The molecule has 0 bridgehead atoms. The van der Waals surface area contributed by atoms with Crippen molar-refractivity contribution in [2.24, 2.45) is 0 Å². The number of carbonyl (C=O) groups excluding carboxylic acids is 1. The lowest BCUT2D eigenvalue weighted by atomic mass is 9.87. The molecule has 4 rings (SSSR count). The lowest BCUT2D eigenvalue weighted by Gasteiger charge is -2.40. The normalized spacial score (nSPS) is 25.1. The summed E-state index contributed by atoms with van der Waals surface area (Å²) in [5.74, 6) is -0.372. The number of amides is 1. The van der Waals surface area contributed by atoms with Gasteiger partial charge in [-0.3, -0.25) is 4.79 Å². The summed E-state index contributed by atoms with van der Waals surface area (Å²) in [6.45, 7) is 2.30. The van der Waals surface area contributed by atoms with Gasteiger partial charge in [-0.15, -0.1) is 0 Å². The van der Waals surface area contributed by atoms with E-state index in [0.717, 1.165) is 17.5 Å². The maximum atomic E-state index is 13.6. The number of benzene rings is 2. The lowest BCUT2D eigenvalue weighted by Crippen LogP contribution is -2.51. The van der Waals surface area contributed by atoms with E-state index in [1.807, 2.05) is 23.1 Å². The number of ether oxygens (including phenoxy) is 2. The van der Waals surface area contributed by atoms with E-state index in [1.54, 1.807) is 19.2 Å². The zero-order valence-corrected chi connectivity index (χ0v) is 15.9. The summed E-state index contributed by atoms with van der Waals surface area (Å²) in [5.41, 5.74) is 3.18. The van der Waals surface area contributed by atoms with Crippen LogP contribution in [0.25, 0.3) is 0 Å². The summed E-state index contributed by atoms with van der Waals surface area (Å²) in [4.78, 5) is 15.4. The van der Waals surface area contributed by atoms with Gasteiger partial charge in [0.1, 0.15) is 11.9 Å². The van der Waals surface area contributed by atoms with Gasteiger partial charge >= 0.3 is 0 Å². The molecule has 0 radical (unpaired) electrons. The second kappa shape index (κ2) is 8.39. The second-order valence-electron chi connectivity index (χ2n) is 7.20. The monoisotopic (exact) mass is 384 g/mol. The molecule has 0 aromatic heterocycles. The van der Waals surface area contributed by atoms with Crippen LogP contribution < -0.4 is 5.32 Å². The highest BCUT2D eigenvalue weighted by atomic mass is 19.1. The molecule has 6 heteroatoms. The number of hydrogen-bond acceptors (Lipinski definition) is 4. The third-order valence-electron chi connectivity index (χ3n) is 5.56. The van der Waals surface area contributed by atoms with E-state index in [0.29, 0.717) is 26.2 Å². The molecule has 1 amide bonds. The topological polar surface area (TPSA) is 50.8 Å². The molecule has 0 unspecified atom stereocenters. The highest BCUT2D eigenvalue weighted by molar-refractivity contribution is 5.83. The fourth-order valence-corrected chi connectivity index (χ4v) is 4.13. The van der Waals surface area contributed by atoms with Gasteiger partial charge in [-0.1, -0.05) is 36.4 Å². The van der Waals surface area contributed by atoms with Crippen LogP contribution in [-0.2, 0) is 20.7 Å². The third kappa shape index (κ3) is 3.68. The maximum Gasteiger partial charge on any atom is 0.255 e. The Labute approximate surface area is 164 Å². The molecular weight excluding hydrogens is 359 g/mol. The highest BCUT2D eigenvalue weighted by Gasteiger charge is 2.39. The summed E-state index contributed by atoms with van der Waals surface area (Å²) in [6, 6.07) is 14.3. The SMILES string of the molecule is CO[C@@H]1CNCCO[C@H]1C(=O)N1CCc2ccccc2[C@@H]1c1ccc(F)cc1. The summed E-state index contributed by atoms with van der Waals surface area (Å²) in [7, 11) is 1.60. The molecule has 2 aromatic carbocycles. The van der Waals surface area contributed by atoms with Crippen LogP contribution in [0.4, 0.5) is 4.39 Å². The van der Waals surface area contributed by atoms with Crippen molar-refractivity contribution in [1.82, 2.24) is 10.2 Å². The summed E-state index contributed by atoms with van der Waals surface area (Å²) in [6.07, 6.45) is -0.225. The molecule has 2 heterocycles. The standard InChI is InChI=1S/C22H25FN2O3/c1-27-19-14-24-11-13-28-21(19)22(26)25-12-10-15-4-2-3-5-18(15)20(25)16-6-8-17(23)9-7-16/h2-9,19-21,24H,10-14H2,1H3/t19-,20+,21-/m1/s1. The lowest BCUT2D eigenvalue weighted by molar-refractivity contribution is -0.153. The number of nitrogens with zero attached hydrogens (tertiary/aromatic N) is 1. The zero-order chi connectivity index (χ0) is 19.5. The average molecular weight is 384 g/mol. The van der Waals surface area contributed by atoms with E-state index in [9.17, 15) is 9.18 Å². The van der Waals surface area contributed by atoms with Crippen molar-refractivity contribution in [3.8, 4) is 0 Å². The van der Waals surface area contributed by atoms with Crippen LogP contribution in [0, 0.1) is 5.82 Å². The van der Waals surface area contributed by atoms with E-state index in [4.69, 9.17) is 9.47 Å². The van der Waals surface area contributed by atoms with Crippen LogP contribution in [0.1, 0.15) is 22.7 Å². The Morgan fingerprint density at radius 1 is 1.21 bits per heavy atom. The van der Waals surface area contributed by atoms with Crippen molar-refractivity contribution in [2.45, 2.75) is 24.7 Å². The molecule has 0 saturated carbocycles. The van der Waals surface area contributed by atoms with Crippen LogP contribution in [-0.4, -0.2) is 56.4 Å². The van der Waals surface area contributed by atoms with Gasteiger partial charge in [-0.2, -0.15) is 0 Å². The fraction of sp³-hybridized carbons (Fsp3) is 0.409. The molecule has 3 atom stereocenters. The van der Waals surface area contributed by atoms with Gasteiger partial charge < -0.3 is 19.7 Å². The molecule has 2 aromatic rings. The smallest absolute Gasteiger partial charge is 0.255 e. The van der Waals surface area contributed by atoms with Gasteiger partial charge in [-0.05, 0) is 35.2 Å². The minimum atomic E-state index is -0.659. The van der Waals surface area contributed by atoms with Crippen LogP contribution in [0.2, 0.25) is 0 Å². The number of fused-ring (bicyclic) bond motifs is 1. The van der Waals surface area contributed by atoms with Gasteiger partial charge in [-0.25, -0.2) is 4.39 Å². The van der Waals surface area contributed by atoms with Crippen LogP contribution in [0.15, 0.2) is 48.5 Å². The van der Waals surface area contributed by atoms with E-state index in [2.05, 4.69) is 11.4 Å². The molecule has 2 aliphatic heterocycles. The predicted molar refractivity (Wildman–Crippen MR) is 104 cm³/mol. The van der Waals surface area contributed by atoms with Gasteiger partial charge in [0.15, 0.2) is 6.10 Å². The molecule has 28 heavy (non-hydrogen) atoms. The summed E-state index contributed by atoms with van der Waals surface area (Å²) >= 11 is 0. The van der Waals surface area contributed by atoms with Crippen LogP contribution in [0.3, 0.4) is 0 Å². The molecule has 1 N–H and O–H groups in total. The molecule has 5 nitrogen and oxygen atoms in total. The Hall–Kier alpha value is -2.28. The number of nitrogens with one attached hydrogen (secondary N) is 1. The summed E-state index contributed by atoms with van der Waals surface area (Å²) in [5, 5.41) is 3.24. The van der Waals surface area contributed by atoms with Crippen LogP contribution >= 0.6 is 0 Å². The molecule has 1 saturated heterocycles. The largest absolute Gasteiger partial charge is 0.377 e. The van der Waals surface area contributed by atoms with Gasteiger partial charge in [0.05, 0.1) is 12.6 Å². The quantitative estimate of drug-likeness (QED) is 0.882. The highest BCUT2D eigenvalue weighted by Crippen LogP contribution is 2.36. The van der Waals surface area contributed by atoms with E-state index in [1.165, 1.54) is 17.7 Å². The Kier molecular flexibility index (Phi) is 5.71. The Balaban J connectivity index is 1.72. The van der Waals surface area contributed by atoms with E-state index < -0.39 is 6.10 Å². The van der Waals surface area contributed by atoms with Gasteiger partial charge in [0.2, 0.25) is 0 Å². The average Bonchev–Trinajstić information content (AvgIpc) is 2.98. The molecule has 1 fully saturated rings. The Morgan fingerprint density at radius 3 is 2.79 bits per heavy atom. The zero-order valence-electron chi connectivity index (χ0n) is 15.9. The fourth-order valence-electron chi connectivity index (χ4n) is 4.13. The van der Waals surface area contributed by atoms with Crippen molar-refractivity contribution >= 4 is 5.91 Å². The number of methoxy groups -OCH3 is 1. The van der Waals surface area contributed by atoms with E-state index in [-0.39, 0.29) is 23.9 Å². The number of hydrogen-bond donors (Lipinski definition) is 1. The van der Waals surface area contributed by atoms with Crippen molar-refractivity contribution in [2.75, 3.05) is 33.4 Å². The molecule has 0 aliphatic carbocycles. The van der Waals surface area contributed by atoms with Crippen molar-refractivity contribution in [3.63, 3.8) is 0 Å². The molecular formula is C22H25FN2O3. The predicted octanol–water partition coefficient (Wildman–Crippen LogP) is 2.30. The van der Waals surface area contributed by atoms with Crippen molar-refractivity contribution in [3.05, 3.63) is 71.0 Å². The van der Waals surface area contributed by atoms with Gasteiger partial charge in [0, 0.05) is 26.7 Å². The minimum absolute atomic E-state index is 0.0839. The first-order valence-corrected chi connectivity index (χ1v) is 9.68.